The van der Waals surface area contributed by atoms with Crippen molar-refractivity contribution in [3.8, 4) is 0 Å². The molecule has 1 aromatic carbocycles. The monoisotopic (exact) mass is 319 g/mol. The van der Waals surface area contributed by atoms with Gasteiger partial charge in [0.25, 0.3) is 5.92 Å². The molecule has 0 N–H and O–H groups in total. The van der Waals surface area contributed by atoms with Gasteiger partial charge in [0, 0.05) is 23.5 Å². The summed E-state index contributed by atoms with van der Waals surface area (Å²) in [6.07, 6.45) is 0. The molecule has 0 saturated carbocycles. The van der Waals surface area contributed by atoms with Gasteiger partial charge in [-0.05, 0) is 0 Å². The normalized spacial score (nSPS) is 22.1. The molecule has 1 atom stereocenters. The van der Waals surface area contributed by atoms with Crippen LogP contribution in [0.4, 0.5) is 8.78 Å². The highest BCUT2D eigenvalue weighted by Crippen LogP contribution is 2.30. The van der Waals surface area contributed by atoms with Gasteiger partial charge in [0.1, 0.15) is 0 Å². The number of nitrogens with zero attached hydrogens (tertiary/aromatic N) is 1. The van der Waals surface area contributed by atoms with E-state index in [0.717, 1.165) is 0 Å². The third-order valence-corrected chi connectivity index (χ3v) is 3.87. The summed E-state index contributed by atoms with van der Waals surface area (Å²) in [5.74, 6) is -2.82. The zero-order chi connectivity index (χ0) is 13.0. The highest BCUT2D eigenvalue weighted by Gasteiger charge is 2.36. The van der Waals surface area contributed by atoms with Crippen LogP contribution in [-0.4, -0.2) is 42.6 Å². The highest BCUT2D eigenvalue weighted by molar-refractivity contribution is 9.09. The van der Waals surface area contributed by atoms with Gasteiger partial charge < -0.3 is 4.74 Å². The molecular weight excluding hydrogens is 304 g/mol. The Labute approximate surface area is 114 Å². The van der Waals surface area contributed by atoms with E-state index in [4.69, 9.17) is 4.74 Å². The van der Waals surface area contributed by atoms with Crippen LogP contribution in [0.5, 0.6) is 0 Å². The lowest BCUT2D eigenvalue weighted by molar-refractivity contribution is -0.0789. The lowest BCUT2D eigenvalue weighted by Crippen LogP contribution is -2.50. The summed E-state index contributed by atoms with van der Waals surface area (Å²) in [6.45, 7) is 1.33. The summed E-state index contributed by atoms with van der Waals surface area (Å²) in [4.78, 5) is 1.80. The number of morpholine rings is 1. The van der Waals surface area contributed by atoms with Gasteiger partial charge in [-0.1, -0.05) is 46.3 Å². The molecule has 100 valence electrons. The Balaban J connectivity index is 2.07. The van der Waals surface area contributed by atoms with Crippen molar-refractivity contribution in [3.63, 3.8) is 0 Å². The predicted molar refractivity (Wildman–Crippen MR) is 70.3 cm³/mol. The molecule has 5 heteroatoms. The molecule has 18 heavy (non-hydrogen) atoms. The Hall–Kier alpha value is -0.520. The van der Waals surface area contributed by atoms with Gasteiger partial charge in [0.15, 0.2) is 0 Å². The van der Waals surface area contributed by atoms with E-state index >= 15 is 0 Å². The molecule has 0 aliphatic carbocycles. The van der Waals surface area contributed by atoms with Crippen LogP contribution in [0.25, 0.3) is 0 Å². The van der Waals surface area contributed by atoms with Gasteiger partial charge in [-0.2, -0.15) is 8.78 Å². The Morgan fingerprint density at radius 2 is 2.06 bits per heavy atom. The Bertz CT molecular complexity index is 375. The van der Waals surface area contributed by atoms with Crippen molar-refractivity contribution in [1.29, 1.82) is 0 Å². The maximum atomic E-state index is 14.2. The lowest BCUT2D eigenvalue weighted by Gasteiger charge is -2.36. The highest BCUT2D eigenvalue weighted by atomic mass is 79.9. The van der Waals surface area contributed by atoms with E-state index in [1.54, 1.807) is 23.1 Å². The first-order valence-electron chi connectivity index (χ1n) is 5.94. The molecule has 1 aliphatic heterocycles. The number of hydrogen-bond donors (Lipinski definition) is 0. The topological polar surface area (TPSA) is 12.5 Å². The summed E-state index contributed by atoms with van der Waals surface area (Å²) < 4.78 is 33.6. The van der Waals surface area contributed by atoms with Crippen LogP contribution in [0.3, 0.4) is 0 Å². The van der Waals surface area contributed by atoms with Crippen molar-refractivity contribution in [3.05, 3.63) is 35.9 Å². The Morgan fingerprint density at radius 1 is 1.33 bits per heavy atom. The number of hydrogen-bond acceptors (Lipinski definition) is 2. The predicted octanol–water partition coefficient (Wildman–Crippen LogP) is 2.87. The van der Waals surface area contributed by atoms with Crippen LogP contribution in [0.1, 0.15) is 5.56 Å². The van der Waals surface area contributed by atoms with Gasteiger partial charge >= 0.3 is 0 Å². The van der Waals surface area contributed by atoms with Crippen molar-refractivity contribution in [1.82, 2.24) is 4.90 Å². The van der Waals surface area contributed by atoms with E-state index in [1.807, 2.05) is 0 Å². The average Bonchev–Trinajstić information content (AvgIpc) is 2.40. The van der Waals surface area contributed by atoms with Crippen LogP contribution in [0.15, 0.2) is 30.3 Å². The molecule has 0 bridgehead atoms. The van der Waals surface area contributed by atoms with Crippen LogP contribution in [-0.2, 0) is 10.7 Å². The maximum absolute atomic E-state index is 14.2. The molecule has 1 aliphatic rings. The van der Waals surface area contributed by atoms with E-state index in [1.165, 1.54) is 12.1 Å². The molecule has 1 heterocycles. The van der Waals surface area contributed by atoms with Gasteiger partial charge in [0.05, 0.1) is 19.8 Å². The smallest absolute Gasteiger partial charge is 0.285 e. The van der Waals surface area contributed by atoms with E-state index in [2.05, 4.69) is 15.9 Å². The fourth-order valence-corrected chi connectivity index (χ4v) is 2.66. The van der Waals surface area contributed by atoms with Crippen molar-refractivity contribution in [2.24, 2.45) is 0 Å². The van der Waals surface area contributed by atoms with Crippen LogP contribution < -0.4 is 0 Å². The zero-order valence-electron chi connectivity index (χ0n) is 9.99. The molecule has 1 aromatic rings. The first-order chi connectivity index (χ1) is 8.63. The van der Waals surface area contributed by atoms with Gasteiger partial charge in [0.2, 0.25) is 0 Å². The SMILES string of the molecule is FC(F)(CN1CCOCC1CBr)c1ccccc1. The number of rotatable bonds is 4. The molecule has 1 saturated heterocycles. The quantitative estimate of drug-likeness (QED) is 0.791. The molecule has 0 amide bonds. The average molecular weight is 320 g/mol. The summed E-state index contributed by atoms with van der Waals surface area (Å²) in [5.41, 5.74) is 0.0739. The number of benzene rings is 1. The minimum absolute atomic E-state index is 0.0216. The standard InChI is InChI=1S/C13H16BrF2NO/c14-8-12-9-18-7-6-17(12)10-13(15,16)11-4-2-1-3-5-11/h1-5,12H,6-10H2. The van der Waals surface area contributed by atoms with Crippen molar-refractivity contribution >= 4 is 15.9 Å². The van der Waals surface area contributed by atoms with Gasteiger partial charge in [-0.25, -0.2) is 0 Å². The summed E-state index contributed by atoms with van der Waals surface area (Å²) in [6, 6.07) is 8.01. The first kappa shape index (κ1) is 13.9. The second-order valence-electron chi connectivity index (χ2n) is 4.42. The third kappa shape index (κ3) is 3.28. The molecule has 1 unspecified atom stereocenters. The summed E-state index contributed by atoms with van der Waals surface area (Å²) in [5, 5.41) is 0.651. The third-order valence-electron chi connectivity index (χ3n) is 3.13. The largest absolute Gasteiger partial charge is 0.378 e. The summed E-state index contributed by atoms with van der Waals surface area (Å²) >= 11 is 3.35. The fourth-order valence-electron chi connectivity index (χ4n) is 2.07. The van der Waals surface area contributed by atoms with Gasteiger partial charge in [-0.15, -0.1) is 0 Å². The van der Waals surface area contributed by atoms with Crippen molar-refractivity contribution in [2.75, 3.05) is 31.6 Å². The molecule has 0 radical (unpaired) electrons. The van der Waals surface area contributed by atoms with E-state index in [-0.39, 0.29) is 18.2 Å². The second-order valence-corrected chi connectivity index (χ2v) is 5.07. The summed E-state index contributed by atoms with van der Waals surface area (Å²) in [7, 11) is 0. The van der Waals surface area contributed by atoms with E-state index in [0.29, 0.717) is 25.1 Å². The molecular formula is C13H16BrF2NO. The minimum Gasteiger partial charge on any atom is -0.378 e. The molecule has 0 spiro atoms. The van der Waals surface area contributed by atoms with Gasteiger partial charge in [-0.3, -0.25) is 4.90 Å². The molecule has 0 aromatic heterocycles. The number of halogens is 3. The van der Waals surface area contributed by atoms with Crippen LogP contribution in [0.2, 0.25) is 0 Å². The van der Waals surface area contributed by atoms with Crippen molar-refractivity contribution in [2.45, 2.75) is 12.0 Å². The van der Waals surface area contributed by atoms with Crippen molar-refractivity contribution < 1.29 is 13.5 Å². The minimum atomic E-state index is -2.82. The van der Waals surface area contributed by atoms with E-state index in [9.17, 15) is 8.78 Å². The van der Waals surface area contributed by atoms with E-state index < -0.39 is 5.92 Å². The second kappa shape index (κ2) is 6.08. The molecule has 2 nitrogen and oxygen atoms in total. The first-order valence-corrected chi connectivity index (χ1v) is 7.07. The lowest BCUT2D eigenvalue weighted by atomic mass is 10.1. The molecule has 2 rings (SSSR count). The maximum Gasteiger partial charge on any atom is 0.285 e. The fraction of sp³-hybridized carbons (Fsp3) is 0.538. The van der Waals surface area contributed by atoms with Crippen LogP contribution in [0, 0.1) is 0 Å². The number of alkyl halides is 3. The zero-order valence-corrected chi connectivity index (χ0v) is 11.6. The molecule has 1 fully saturated rings. The Morgan fingerprint density at radius 3 is 2.72 bits per heavy atom. The Kier molecular flexibility index (Phi) is 4.70. The van der Waals surface area contributed by atoms with Crippen LogP contribution >= 0.6 is 15.9 Å². The number of ether oxygens (including phenoxy) is 1.